The average Bonchev–Trinajstić information content (AvgIpc) is 2.80. The topological polar surface area (TPSA) is 97.7 Å². The van der Waals surface area contributed by atoms with Crippen LogP contribution in [0.2, 0.25) is 5.02 Å². The minimum absolute atomic E-state index is 0.0114. The number of benzene rings is 2. The molecule has 2 aromatic carbocycles. The number of carbonyl (C=O) groups excluding carboxylic acids is 1. The van der Waals surface area contributed by atoms with Crippen molar-refractivity contribution in [3.8, 4) is 0 Å². The summed E-state index contributed by atoms with van der Waals surface area (Å²) in [6.45, 7) is 1.76. The minimum atomic E-state index is -3.99. The molecule has 2 heterocycles. The maximum Gasteiger partial charge on any atom is 0.261 e. The molecular formula is C23H16ClN3O4S. The van der Waals surface area contributed by atoms with Gasteiger partial charge in [0.25, 0.3) is 10.0 Å². The van der Waals surface area contributed by atoms with Crippen LogP contribution in [0, 0.1) is 6.92 Å². The molecule has 1 aliphatic rings. The molecule has 3 aromatic rings. The summed E-state index contributed by atoms with van der Waals surface area (Å²) in [4.78, 5) is 21.0. The Labute approximate surface area is 189 Å². The summed E-state index contributed by atoms with van der Waals surface area (Å²) in [6, 6.07) is 15.4. The van der Waals surface area contributed by atoms with Crippen molar-refractivity contribution in [3.05, 3.63) is 100 Å². The van der Waals surface area contributed by atoms with Crippen molar-refractivity contribution >= 4 is 45.3 Å². The van der Waals surface area contributed by atoms with Crippen LogP contribution in [0.15, 0.2) is 82.5 Å². The molecule has 0 atom stereocenters. The molecule has 0 saturated carbocycles. The van der Waals surface area contributed by atoms with Gasteiger partial charge in [0.05, 0.1) is 16.8 Å². The molecule has 0 amide bonds. The van der Waals surface area contributed by atoms with Gasteiger partial charge < -0.3 is 4.74 Å². The van der Waals surface area contributed by atoms with Crippen molar-refractivity contribution in [1.82, 2.24) is 4.98 Å². The number of ether oxygens (including phenoxy) is 1. The summed E-state index contributed by atoms with van der Waals surface area (Å²) < 4.78 is 33.7. The largest absolute Gasteiger partial charge is 0.437 e. The van der Waals surface area contributed by atoms with Crippen molar-refractivity contribution in [2.45, 2.75) is 11.8 Å². The first-order chi connectivity index (χ1) is 15.3. The van der Waals surface area contributed by atoms with Gasteiger partial charge >= 0.3 is 0 Å². The molecule has 0 saturated heterocycles. The number of pyridine rings is 1. The number of anilines is 1. The van der Waals surface area contributed by atoms with Crippen LogP contribution in [0.3, 0.4) is 0 Å². The predicted octanol–water partition coefficient (Wildman–Crippen LogP) is 4.59. The van der Waals surface area contributed by atoms with E-state index in [2.05, 4.69) is 20.4 Å². The van der Waals surface area contributed by atoms with Crippen molar-refractivity contribution in [3.63, 3.8) is 0 Å². The summed E-state index contributed by atoms with van der Waals surface area (Å²) in [5.41, 5.74) is 4.52. The lowest BCUT2D eigenvalue weighted by Crippen LogP contribution is -2.16. The summed E-state index contributed by atoms with van der Waals surface area (Å²) >= 11 is 6.08. The number of hydrogen-bond donors (Lipinski definition) is 1. The second-order valence-electron chi connectivity index (χ2n) is 6.79. The quantitative estimate of drug-likeness (QED) is 0.424. The molecule has 32 heavy (non-hydrogen) atoms. The van der Waals surface area contributed by atoms with Crippen LogP contribution in [-0.2, 0) is 14.8 Å². The van der Waals surface area contributed by atoms with Gasteiger partial charge in [-0.25, -0.2) is 18.4 Å². The molecule has 1 aliphatic heterocycles. The smallest absolute Gasteiger partial charge is 0.261 e. The predicted molar refractivity (Wildman–Crippen MR) is 122 cm³/mol. The minimum Gasteiger partial charge on any atom is -0.437 e. The lowest BCUT2D eigenvalue weighted by molar-refractivity contribution is 0.103. The first kappa shape index (κ1) is 21.5. The van der Waals surface area contributed by atoms with Gasteiger partial charge in [0.1, 0.15) is 5.69 Å². The Morgan fingerprint density at radius 1 is 1.09 bits per heavy atom. The molecule has 160 valence electrons. The first-order valence-electron chi connectivity index (χ1n) is 9.38. The number of ketones is 1. The number of nitrogens with one attached hydrogen (secondary N) is 1. The van der Waals surface area contributed by atoms with Gasteiger partial charge in [-0.05, 0) is 61.5 Å². The van der Waals surface area contributed by atoms with Crippen molar-refractivity contribution < 1.29 is 17.9 Å². The third kappa shape index (κ3) is 4.63. The molecule has 7 nitrogen and oxygen atoms in total. The number of aryl methyl sites for hydroxylation is 1. The van der Waals surface area contributed by atoms with E-state index < -0.39 is 15.8 Å². The highest BCUT2D eigenvalue weighted by atomic mass is 35.5. The van der Waals surface area contributed by atoms with Gasteiger partial charge in [-0.3, -0.25) is 9.52 Å². The van der Waals surface area contributed by atoms with Gasteiger partial charge in [-0.15, -0.1) is 0 Å². The van der Waals surface area contributed by atoms with E-state index in [-0.39, 0.29) is 21.8 Å². The highest BCUT2D eigenvalue weighted by Gasteiger charge is 2.21. The van der Waals surface area contributed by atoms with Gasteiger partial charge in [-0.2, -0.15) is 0 Å². The maximum absolute atomic E-state index is 13.0. The highest BCUT2D eigenvalue weighted by molar-refractivity contribution is 7.92. The Balaban J connectivity index is 1.65. The fourth-order valence-electron chi connectivity index (χ4n) is 2.98. The van der Waals surface area contributed by atoms with Crippen molar-refractivity contribution in [2.75, 3.05) is 4.72 Å². The van der Waals surface area contributed by atoms with E-state index in [1.807, 2.05) is 0 Å². The van der Waals surface area contributed by atoms with Crippen LogP contribution in [0.1, 0.15) is 27.3 Å². The zero-order valence-corrected chi connectivity index (χ0v) is 18.3. The second-order valence-corrected chi connectivity index (χ2v) is 8.91. The molecular weight excluding hydrogens is 450 g/mol. The van der Waals surface area contributed by atoms with E-state index in [0.29, 0.717) is 22.0 Å². The lowest BCUT2D eigenvalue weighted by Gasteiger charge is -2.13. The lowest BCUT2D eigenvalue weighted by atomic mass is 10.1. The van der Waals surface area contributed by atoms with E-state index in [9.17, 15) is 13.2 Å². The molecule has 0 radical (unpaired) electrons. The Bertz CT molecular complexity index is 1410. The number of aromatic nitrogens is 1. The molecule has 0 aliphatic carbocycles. The Kier molecular flexibility index (Phi) is 5.92. The summed E-state index contributed by atoms with van der Waals surface area (Å²) in [6.07, 6.45) is 2.72. The highest BCUT2D eigenvalue weighted by Crippen LogP contribution is 2.26. The molecule has 0 fully saturated rings. The van der Waals surface area contributed by atoms with E-state index in [0.717, 1.165) is 0 Å². The van der Waals surface area contributed by atoms with Gasteiger partial charge in [-0.1, -0.05) is 23.4 Å². The number of rotatable bonds is 6. The first-order valence-corrected chi connectivity index (χ1v) is 11.2. The van der Waals surface area contributed by atoms with Crippen molar-refractivity contribution in [1.29, 1.82) is 0 Å². The third-order valence-electron chi connectivity index (χ3n) is 4.52. The SMILES string of the molecule is Cc1cccc(C(=O)c2cc(Cl)ccc2NS(=O)(=O)c2ccc(C3=C=CN=CO3)cc2)n1. The maximum atomic E-state index is 13.0. The van der Waals surface area contributed by atoms with Gasteiger partial charge in [0.15, 0.2) is 12.2 Å². The van der Waals surface area contributed by atoms with E-state index >= 15 is 0 Å². The molecule has 0 bridgehead atoms. The van der Waals surface area contributed by atoms with Crippen LogP contribution in [-0.4, -0.2) is 25.6 Å². The summed E-state index contributed by atoms with van der Waals surface area (Å²) in [5, 5.41) is 0.297. The fraction of sp³-hybridized carbons (Fsp3) is 0.0435. The summed E-state index contributed by atoms with van der Waals surface area (Å²) in [5.74, 6) is -0.0211. The molecule has 0 spiro atoms. The normalized spacial score (nSPS) is 12.8. The van der Waals surface area contributed by atoms with Gasteiger partial charge in [0, 0.05) is 21.8 Å². The Morgan fingerprint density at radius 3 is 2.56 bits per heavy atom. The Morgan fingerprint density at radius 2 is 1.88 bits per heavy atom. The standard InChI is InChI=1S/C23H16ClN3O4S/c1-15-3-2-4-21(26-15)23(28)19-13-17(24)7-10-20(19)27-32(29,30)18-8-5-16(6-9-18)22-11-12-25-14-31-22/h2-10,12-14,27H,1H3. The number of carbonyl (C=O) groups is 1. The molecule has 4 rings (SSSR count). The van der Waals surface area contributed by atoms with Crippen molar-refractivity contribution in [2.24, 2.45) is 4.99 Å². The third-order valence-corrected chi connectivity index (χ3v) is 6.14. The Hall–Kier alpha value is -3.71. The number of nitrogens with zero attached hydrogens (tertiary/aromatic N) is 2. The van der Waals surface area contributed by atoms with Crippen LogP contribution in [0.4, 0.5) is 5.69 Å². The zero-order chi connectivity index (χ0) is 22.7. The summed E-state index contributed by atoms with van der Waals surface area (Å²) in [7, 11) is -3.99. The molecule has 1 aromatic heterocycles. The molecule has 0 unspecified atom stereocenters. The number of aliphatic imine (C=N–C) groups is 1. The zero-order valence-electron chi connectivity index (χ0n) is 16.7. The van der Waals surface area contributed by atoms with E-state index in [1.165, 1.54) is 42.9 Å². The number of hydrogen-bond acceptors (Lipinski definition) is 6. The van der Waals surface area contributed by atoms with Crippen LogP contribution < -0.4 is 4.72 Å². The van der Waals surface area contributed by atoms with Gasteiger partial charge in [0.2, 0.25) is 5.78 Å². The average molecular weight is 466 g/mol. The van der Waals surface area contributed by atoms with Crippen LogP contribution >= 0.6 is 11.6 Å². The van der Waals surface area contributed by atoms with Crippen LogP contribution in [0.25, 0.3) is 5.76 Å². The monoisotopic (exact) mass is 465 g/mol. The number of sulfonamides is 1. The van der Waals surface area contributed by atoms with E-state index in [1.54, 1.807) is 37.3 Å². The van der Waals surface area contributed by atoms with E-state index in [4.69, 9.17) is 16.3 Å². The fourth-order valence-corrected chi connectivity index (χ4v) is 4.24. The number of halogens is 1. The molecule has 1 N–H and O–H groups in total. The molecule has 9 heteroatoms. The second kappa shape index (κ2) is 8.80. The van der Waals surface area contributed by atoms with Crippen LogP contribution in [0.5, 0.6) is 0 Å².